The Balaban J connectivity index is 2.04. The van der Waals surface area contributed by atoms with Crippen LogP contribution in [0.3, 0.4) is 0 Å². The number of hydrogen-bond donors (Lipinski definition) is 1. The van der Waals surface area contributed by atoms with Gasteiger partial charge < -0.3 is 19.5 Å². The lowest BCUT2D eigenvalue weighted by Crippen LogP contribution is -2.30. The molecular weight excluding hydrogens is 360 g/mol. The van der Waals surface area contributed by atoms with Crippen molar-refractivity contribution in [3.8, 4) is 11.5 Å². The molecule has 0 saturated carbocycles. The van der Waals surface area contributed by atoms with Gasteiger partial charge in [-0.25, -0.2) is 9.48 Å². The predicted octanol–water partition coefficient (Wildman–Crippen LogP) is 3.32. The SMILES string of the molecule is CCCCCOC(=O)C1=C(C)Nc2ncnn2[C@@H]1c1cc(OC)ccc1OC. The van der Waals surface area contributed by atoms with Gasteiger partial charge in [0.05, 0.1) is 26.4 Å². The van der Waals surface area contributed by atoms with Gasteiger partial charge in [0.15, 0.2) is 0 Å². The fourth-order valence-electron chi connectivity index (χ4n) is 3.29. The third kappa shape index (κ3) is 3.81. The first kappa shape index (κ1) is 19.7. The van der Waals surface area contributed by atoms with Crippen LogP contribution in [0.2, 0.25) is 0 Å². The molecule has 0 amide bonds. The lowest BCUT2D eigenvalue weighted by molar-refractivity contribution is -0.139. The maximum atomic E-state index is 13.0. The fourth-order valence-corrected chi connectivity index (χ4v) is 3.29. The number of carbonyl (C=O) groups excluding carboxylic acids is 1. The summed E-state index contributed by atoms with van der Waals surface area (Å²) in [7, 11) is 3.19. The Bertz CT molecular complexity index is 875. The summed E-state index contributed by atoms with van der Waals surface area (Å²) >= 11 is 0. The molecule has 2 heterocycles. The number of fused-ring (bicyclic) bond motifs is 1. The normalized spacial score (nSPS) is 15.6. The molecule has 0 aliphatic carbocycles. The number of carbonyl (C=O) groups is 1. The van der Waals surface area contributed by atoms with E-state index < -0.39 is 6.04 Å². The highest BCUT2D eigenvalue weighted by molar-refractivity contribution is 5.92. The number of methoxy groups -OCH3 is 2. The summed E-state index contributed by atoms with van der Waals surface area (Å²) < 4.78 is 18.2. The largest absolute Gasteiger partial charge is 0.497 e. The van der Waals surface area contributed by atoms with Gasteiger partial charge in [-0.3, -0.25) is 0 Å². The maximum absolute atomic E-state index is 13.0. The van der Waals surface area contributed by atoms with Crippen molar-refractivity contribution in [2.75, 3.05) is 26.1 Å². The Hall–Kier alpha value is -3.03. The van der Waals surface area contributed by atoms with E-state index in [4.69, 9.17) is 14.2 Å². The van der Waals surface area contributed by atoms with Gasteiger partial charge in [0.25, 0.3) is 0 Å². The van der Waals surface area contributed by atoms with E-state index in [9.17, 15) is 4.79 Å². The van der Waals surface area contributed by atoms with Gasteiger partial charge in [0.2, 0.25) is 5.95 Å². The molecule has 8 nitrogen and oxygen atoms in total. The molecule has 0 radical (unpaired) electrons. The van der Waals surface area contributed by atoms with Crippen LogP contribution in [-0.2, 0) is 9.53 Å². The van der Waals surface area contributed by atoms with Gasteiger partial charge in [-0.15, -0.1) is 0 Å². The zero-order chi connectivity index (χ0) is 20.1. The molecule has 8 heteroatoms. The molecule has 0 bridgehead atoms. The summed E-state index contributed by atoms with van der Waals surface area (Å²) in [5, 5.41) is 7.46. The van der Waals surface area contributed by atoms with Crippen LogP contribution in [0.4, 0.5) is 5.95 Å². The molecule has 1 aliphatic rings. The first-order valence-electron chi connectivity index (χ1n) is 9.37. The number of unbranched alkanes of at least 4 members (excludes halogenated alkanes) is 2. The van der Waals surface area contributed by atoms with Crippen molar-refractivity contribution in [3.05, 3.63) is 41.4 Å². The molecule has 0 fully saturated rings. The summed E-state index contributed by atoms with van der Waals surface area (Å²) in [4.78, 5) is 17.2. The minimum Gasteiger partial charge on any atom is -0.497 e. The highest BCUT2D eigenvalue weighted by atomic mass is 16.5. The topological polar surface area (TPSA) is 87.5 Å². The van der Waals surface area contributed by atoms with Crippen molar-refractivity contribution in [2.24, 2.45) is 0 Å². The Morgan fingerprint density at radius 3 is 2.79 bits per heavy atom. The van der Waals surface area contributed by atoms with Crippen LogP contribution in [-0.4, -0.2) is 41.6 Å². The van der Waals surface area contributed by atoms with E-state index in [1.165, 1.54) is 6.33 Å². The minimum absolute atomic E-state index is 0.378. The molecule has 1 aliphatic heterocycles. The van der Waals surface area contributed by atoms with Crippen LogP contribution in [0, 0.1) is 0 Å². The third-order valence-corrected chi connectivity index (χ3v) is 4.73. The zero-order valence-electron chi connectivity index (χ0n) is 16.7. The molecule has 150 valence electrons. The van der Waals surface area contributed by atoms with Crippen LogP contribution in [0.15, 0.2) is 35.8 Å². The smallest absolute Gasteiger partial charge is 0.338 e. The van der Waals surface area contributed by atoms with Crippen molar-refractivity contribution in [1.29, 1.82) is 0 Å². The fraction of sp³-hybridized carbons (Fsp3) is 0.450. The molecule has 2 aromatic rings. The molecule has 0 spiro atoms. The van der Waals surface area contributed by atoms with E-state index in [0.29, 0.717) is 35.3 Å². The zero-order valence-corrected chi connectivity index (χ0v) is 16.7. The average Bonchev–Trinajstić information content (AvgIpc) is 3.17. The number of nitrogens with zero attached hydrogens (tertiary/aromatic N) is 3. The number of hydrogen-bond acceptors (Lipinski definition) is 7. The molecule has 1 aromatic carbocycles. The minimum atomic E-state index is -0.539. The third-order valence-electron chi connectivity index (χ3n) is 4.73. The van der Waals surface area contributed by atoms with E-state index in [0.717, 1.165) is 24.8 Å². The van der Waals surface area contributed by atoms with Gasteiger partial charge in [-0.1, -0.05) is 19.8 Å². The molecule has 3 rings (SSSR count). The summed E-state index contributed by atoms with van der Waals surface area (Å²) in [5.41, 5.74) is 1.90. The van der Waals surface area contributed by atoms with Crippen molar-refractivity contribution < 1.29 is 19.0 Å². The quantitative estimate of drug-likeness (QED) is 0.550. The molecule has 28 heavy (non-hydrogen) atoms. The number of aromatic nitrogens is 3. The lowest BCUT2D eigenvalue weighted by atomic mass is 9.94. The molecule has 0 saturated heterocycles. The molecule has 1 atom stereocenters. The van der Waals surface area contributed by atoms with E-state index in [2.05, 4.69) is 22.3 Å². The Morgan fingerprint density at radius 2 is 2.07 bits per heavy atom. The highest BCUT2D eigenvalue weighted by Crippen LogP contribution is 2.40. The Labute approximate surface area is 164 Å². The lowest BCUT2D eigenvalue weighted by Gasteiger charge is -2.29. The summed E-state index contributed by atoms with van der Waals surface area (Å²) in [5.74, 6) is 1.45. The molecular formula is C20H26N4O4. The van der Waals surface area contributed by atoms with Gasteiger partial charge in [-0.2, -0.15) is 10.1 Å². The molecule has 0 unspecified atom stereocenters. The number of rotatable bonds is 8. The van der Waals surface area contributed by atoms with Gasteiger partial charge in [-0.05, 0) is 31.5 Å². The van der Waals surface area contributed by atoms with Crippen molar-refractivity contribution in [3.63, 3.8) is 0 Å². The second-order valence-corrected chi connectivity index (χ2v) is 6.55. The van der Waals surface area contributed by atoms with Gasteiger partial charge in [0, 0.05) is 11.3 Å². The first-order chi connectivity index (χ1) is 13.6. The van der Waals surface area contributed by atoms with Crippen molar-refractivity contribution in [1.82, 2.24) is 14.8 Å². The molecule has 1 aromatic heterocycles. The summed E-state index contributed by atoms with van der Waals surface area (Å²) in [6.07, 6.45) is 4.37. The van der Waals surface area contributed by atoms with Crippen molar-refractivity contribution in [2.45, 2.75) is 39.2 Å². The maximum Gasteiger partial charge on any atom is 0.338 e. The second-order valence-electron chi connectivity index (χ2n) is 6.55. The number of allylic oxidation sites excluding steroid dienone is 1. The number of benzene rings is 1. The number of anilines is 1. The molecule has 1 N–H and O–H groups in total. The van der Waals surface area contributed by atoms with Gasteiger partial charge in [0.1, 0.15) is 23.9 Å². The summed E-state index contributed by atoms with van der Waals surface area (Å²) in [6, 6.07) is 4.93. The second kappa shape index (κ2) is 8.77. The summed E-state index contributed by atoms with van der Waals surface area (Å²) in [6.45, 7) is 4.33. The number of nitrogens with one attached hydrogen (secondary N) is 1. The highest BCUT2D eigenvalue weighted by Gasteiger charge is 2.36. The van der Waals surface area contributed by atoms with E-state index in [1.54, 1.807) is 18.9 Å². The average molecular weight is 386 g/mol. The van der Waals surface area contributed by atoms with Crippen LogP contribution in [0.5, 0.6) is 11.5 Å². The van der Waals surface area contributed by atoms with E-state index >= 15 is 0 Å². The standard InChI is InChI=1S/C20H26N4O4/c1-5-6-7-10-28-19(25)17-13(2)23-20-21-12-22-24(20)18(17)15-11-14(26-3)8-9-16(15)27-4/h8-9,11-12,18H,5-7,10H2,1-4H3,(H,21,22,23)/t18-/m1/s1. The van der Waals surface area contributed by atoms with E-state index in [1.807, 2.05) is 25.1 Å². The Morgan fingerprint density at radius 1 is 1.25 bits per heavy atom. The van der Waals surface area contributed by atoms with Gasteiger partial charge >= 0.3 is 5.97 Å². The number of ether oxygens (including phenoxy) is 3. The monoisotopic (exact) mass is 386 g/mol. The van der Waals surface area contributed by atoms with Crippen LogP contribution < -0.4 is 14.8 Å². The Kier molecular flexibility index (Phi) is 6.18. The van der Waals surface area contributed by atoms with Crippen LogP contribution >= 0.6 is 0 Å². The van der Waals surface area contributed by atoms with Crippen LogP contribution in [0.25, 0.3) is 0 Å². The predicted molar refractivity (Wildman–Crippen MR) is 105 cm³/mol. The number of esters is 1. The van der Waals surface area contributed by atoms with E-state index in [-0.39, 0.29) is 5.97 Å². The first-order valence-corrected chi connectivity index (χ1v) is 9.37. The van der Waals surface area contributed by atoms with Crippen LogP contribution in [0.1, 0.15) is 44.7 Å². The van der Waals surface area contributed by atoms with Crippen molar-refractivity contribution >= 4 is 11.9 Å².